The third-order valence-corrected chi connectivity index (χ3v) is 2.69. The molecule has 4 heteroatoms. The van der Waals surface area contributed by atoms with Crippen LogP contribution in [0.3, 0.4) is 0 Å². The molecule has 1 rings (SSSR count). The number of Topliss-reactive ketones (excluding diaryl/α,β-unsaturated/α-hetero) is 1. The van der Waals surface area contributed by atoms with Crippen LogP contribution >= 0.6 is 0 Å². The van der Waals surface area contributed by atoms with Crippen molar-refractivity contribution in [1.82, 2.24) is 0 Å². The van der Waals surface area contributed by atoms with Gasteiger partial charge in [0.2, 0.25) is 0 Å². The Morgan fingerprint density at radius 1 is 1.12 bits per heavy atom. The number of carbonyl (C=O) groups is 1. The van der Waals surface area contributed by atoms with Gasteiger partial charge in [0.05, 0.1) is 26.9 Å². The van der Waals surface area contributed by atoms with Crippen molar-refractivity contribution in [3.05, 3.63) is 17.2 Å². The highest BCUT2D eigenvalue weighted by atomic mass is 16.5. The highest BCUT2D eigenvalue weighted by Gasteiger charge is 2.21. The van der Waals surface area contributed by atoms with E-state index in [1.165, 1.54) is 7.11 Å². The molecule has 0 heterocycles. The Morgan fingerprint density at radius 2 is 1.71 bits per heavy atom. The van der Waals surface area contributed by atoms with E-state index in [2.05, 4.69) is 0 Å². The van der Waals surface area contributed by atoms with Crippen molar-refractivity contribution in [2.75, 3.05) is 21.3 Å². The van der Waals surface area contributed by atoms with Gasteiger partial charge < -0.3 is 14.2 Å². The van der Waals surface area contributed by atoms with E-state index in [9.17, 15) is 4.79 Å². The number of benzene rings is 1. The van der Waals surface area contributed by atoms with Gasteiger partial charge in [0, 0.05) is 12.0 Å². The van der Waals surface area contributed by atoms with E-state index in [1.54, 1.807) is 27.2 Å². The van der Waals surface area contributed by atoms with Crippen LogP contribution in [0.1, 0.15) is 29.3 Å². The molecule has 0 atom stereocenters. The van der Waals surface area contributed by atoms with Crippen molar-refractivity contribution in [2.24, 2.45) is 0 Å². The molecular formula is C13H18O4. The SMILES string of the molecule is CCC(=O)c1cc(OC)c(C)c(OC)c1OC. The molecule has 0 spiro atoms. The third kappa shape index (κ3) is 2.35. The first-order chi connectivity index (χ1) is 8.10. The number of carbonyl (C=O) groups excluding carboxylic acids is 1. The molecule has 0 fully saturated rings. The lowest BCUT2D eigenvalue weighted by atomic mass is 10.0. The first kappa shape index (κ1) is 13.4. The molecule has 4 nitrogen and oxygen atoms in total. The van der Waals surface area contributed by atoms with Crippen molar-refractivity contribution < 1.29 is 19.0 Å². The van der Waals surface area contributed by atoms with Crippen LogP contribution in [0.4, 0.5) is 0 Å². The van der Waals surface area contributed by atoms with E-state index >= 15 is 0 Å². The van der Waals surface area contributed by atoms with Gasteiger partial charge in [-0.2, -0.15) is 0 Å². The lowest BCUT2D eigenvalue weighted by molar-refractivity contribution is 0.0984. The summed E-state index contributed by atoms with van der Waals surface area (Å²) in [6.07, 6.45) is 0.408. The average molecular weight is 238 g/mol. The number of ketones is 1. The van der Waals surface area contributed by atoms with Crippen molar-refractivity contribution in [3.63, 3.8) is 0 Å². The van der Waals surface area contributed by atoms with Crippen LogP contribution in [0.15, 0.2) is 6.07 Å². The van der Waals surface area contributed by atoms with Crippen LogP contribution in [-0.2, 0) is 0 Å². The Kier molecular flexibility index (Phi) is 4.37. The van der Waals surface area contributed by atoms with Gasteiger partial charge in [-0.1, -0.05) is 6.92 Å². The maximum absolute atomic E-state index is 11.8. The lowest BCUT2D eigenvalue weighted by Crippen LogP contribution is -2.05. The zero-order valence-corrected chi connectivity index (χ0v) is 10.9. The molecule has 0 aliphatic rings. The third-order valence-electron chi connectivity index (χ3n) is 2.69. The summed E-state index contributed by atoms with van der Waals surface area (Å²) in [6, 6.07) is 1.70. The molecule has 0 radical (unpaired) electrons. The molecule has 0 saturated heterocycles. The maximum atomic E-state index is 11.8. The Morgan fingerprint density at radius 3 is 2.12 bits per heavy atom. The number of hydrogen-bond donors (Lipinski definition) is 0. The van der Waals surface area contributed by atoms with Gasteiger partial charge in [0.25, 0.3) is 0 Å². The minimum Gasteiger partial charge on any atom is -0.496 e. The first-order valence-corrected chi connectivity index (χ1v) is 5.43. The second kappa shape index (κ2) is 5.57. The van der Waals surface area contributed by atoms with Crippen LogP contribution in [0, 0.1) is 6.92 Å². The van der Waals surface area contributed by atoms with Crippen LogP contribution in [0.5, 0.6) is 17.2 Å². The Bertz CT molecular complexity index is 424. The predicted octanol–water partition coefficient (Wildman–Crippen LogP) is 2.61. The van der Waals surface area contributed by atoms with E-state index in [1.807, 2.05) is 6.92 Å². The van der Waals surface area contributed by atoms with E-state index < -0.39 is 0 Å². The van der Waals surface area contributed by atoms with Crippen molar-refractivity contribution in [2.45, 2.75) is 20.3 Å². The fourth-order valence-corrected chi connectivity index (χ4v) is 1.77. The van der Waals surface area contributed by atoms with Crippen LogP contribution < -0.4 is 14.2 Å². The van der Waals surface area contributed by atoms with Gasteiger partial charge >= 0.3 is 0 Å². The maximum Gasteiger partial charge on any atom is 0.172 e. The molecule has 0 aliphatic heterocycles. The van der Waals surface area contributed by atoms with Gasteiger partial charge in [-0.3, -0.25) is 4.79 Å². The summed E-state index contributed by atoms with van der Waals surface area (Å²) >= 11 is 0. The standard InChI is InChI=1S/C13H18O4/c1-6-10(14)9-7-11(15-3)8(2)12(16-4)13(9)17-5/h7H,6H2,1-5H3. The number of hydrogen-bond acceptors (Lipinski definition) is 4. The summed E-state index contributed by atoms with van der Waals surface area (Å²) in [6.45, 7) is 3.67. The monoisotopic (exact) mass is 238 g/mol. The number of methoxy groups -OCH3 is 3. The average Bonchev–Trinajstić information content (AvgIpc) is 2.36. The number of ether oxygens (including phenoxy) is 3. The first-order valence-electron chi connectivity index (χ1n) is 5.43. The summed E-state index contributed by atoms with van der Waals surface area (Å²) < 4.78 is 15.8. The van der Waals surface area contributed by atoms with Crippen molar-refractivity contribution in [3.8, 4) is 17.2 Å². The van der Waals surface area contributed by atoms with Crippen LogP contribution in [0.25, 0.3) is 0 Å². The minimum absolute atomic E-state index is 0.00144. The van der Waals surface area contributed by atoms with E-state index in [-0.39, 0.29) is 5.78 Å². The van der Waals surface area contributed by atoms with Gasteiger partial charge in [0.1, 0.15) is 5.75 Å². The fraction of sp³-hybridized carbons (Fsp3) is 0.462. The summed E-state index contributed by atoms with van der Waals surface area (Å²) in [7, 11) is 4.63. The Hall–Kier alpha value is -1.71. The zero-order chi connectivity index (χ0) is 13.0. The summed E-state index contributed by atoms with van der Waals surface area (Å²) in [5.41, 5.74) is 1.31. The van der Waals surface area contributed by atoms with E-state index in [0.717, 1.165) is 5.56 Å². The Balaban J connectivity index is 3.53. The van der Waals surface area contributed by atoms with Gasteiger partial charge in [0.15, 0.2) is 17.3 Å². The van der Waals surface area contributed by atoms with Gasteiger partial charge in [-0.05, 0) is 13.0 Å². The van der Waals surface area contributed by atoms with E-state index in [4.69, 9.17) is 14.2 Å². The van der Waals surface area contributed by atoms with Gasteiger partial charge in [-0.15, -0.1) is 0 Å². The predicted molar refractivity (Wildman–Crippen MR) is 65.5 cm³/mol. The van der Waals surface area contributed by atoms with Gasteiger partial charge in [-0.25, -0.2) is 0 Å². The molecule has 17 heavy (non-hydrogen) atoms. The number of rotatable bonds is 5. The van der Waals surface area contributed by atoms with E-state index in [0.29, 0.717) is 29.2 Å². The molecule has 0 aliphatic carbocycles. The quantitative estimate of drug-likeness (QED) is 0.740. The molecular weight excluding hydrogens is 220 g/mol. The molecule has 1 aromatic rings. The molecule has 0 N–H and O–H groups in total. The van der Waals surface area contributed by atoms with Crippen LogP contribution in [0.2, 0.25) is 0 Å². The fourth-order valence-electron chi connectivity index (χ4n) is 1.77. The molecule has 0 aromatic heterocycles. The molecule has 1 aromatic carbocycles. The second-order valence-corrected chi connectivity index (χ2v) is 3.59. The highest BCUT2D eigenvalue weighted by molar-refractivity contribution is 6.00. The highest BCUT2D eigenvalue weighted by Crippen LogP contribution is 2.40. The largest absolute Gasteiger partial charge is 0.496 e. The normalized spacial score (nSPS) is 9.94. The van der Waals surface area contributed by atoms with Crippen molar-refractivity contribution >= 4 is 5.78 Å². The van der Waals surface area contributed by atoms with Crippen molar-refractivity contribution in [1.29, 1.82) is 0 Å². The molecule has 94 valence electrons. The molecule has 0 unspecified atom stereocenters. The second-order valence-electron chi connectivity index (χ2n) is 3.59. The Labute approximate surface area is 101 Å². The molecule has 0 amide bonds. The topological polar surface area (TPSA) is 44.8 Å². The lowest BCUT2D eigenvalue weighted by Gasteiger charge is -2.16. The summed E-state index contributed by atoms with van der Waals surface area (Å²) in [4.78, 5) is 11.8. The zero-order valence-electron chi connectivity index (χ0n) is 10.9. The smallest absolute Gasteiger partial charge is 0.172 e. The summed E-state index contributed by atoms with van der Waals surface area (Å²) in [5, 5.41) is 0. The molecule has 0 saturated carbocycles. The minimum atomic E-state index is -0.00144. The van der Waals surface area contributed by atoms with Crippen LogP contribution in [-0.4, -0.2) is 27.1 Å². The molecule has 0 bridgehead atoms. The summed E-state index contributed by atoms with van der Waals surface area (Å²) in [5.74, 6) is 1.64.